The van der Waals surface area contributed by atoms with Gasteiger partial charge in [-0.3, -0.25) is 4.90 Å². The van der Waals surface area contributed by atoms with Crippen LogP contribution in [0.3, 0.4) is 0 Å². The summed E-state index contributed by atoms with van der Waals surface area (Å²) in [5.41, 5.74) is 0.837. The first kappa shape index (κ1) is 12.6. The fourth-order valence-corrected chi connectivity index (χ4v) is 2.87. The van der Waals surface area contributed by atoms with Gasteiger partial charge in [-0.1, -0.05) is 34.1 Å². The Morgan fingerprint density at radius 1 is 1.35 bits per heavy atom. The van der Waals surface area contributed by atoms with Crippen molar-refractivity contribution in [3.8, 4) is 6.07 Å². The van der Waals surface area contributed by atoms with Gasteiger partial charge in [0.25, 0.3) is 0 Å². The maximum atomic E-state index is 9.49. The Hall–Kier alpha value is -0.850. The zero-order valence-electron chi connectivity index (χ0n) is 10.1. The van der Waals surface area contributed by atoms with Gasteiger partial charge in [0.2, 0.25) is 0 Å². The Kier molecular flexibility index (Phi) is 3.86. The fourth-order valence-electron chi connectivity index (χ4n) is 2.45. The molecule has 1 aromatic carbocycles. The van der Waals surface area contributed by atoms with Crippen molar-refractivity contribution in [1.82, 2.24) is 4.90 Å². The van der Waals surface area contributed by atoms with Crippen molar-refractivity contribution >= 4 is 15.9 Å². The summed E-state index contributed by atoms with van der Waals surface area (Å²) in [5, 5.41) is 9.49. The van der Waals surface area contributed by atoms with E-state index in [4.69, 9.17) is 0 Å². The van der Waals surface area contributed by atoms with Crippen LogP contribution in [0.4, 0.5) is 0 Å². The van der Waals surface area contributed by atoms with Crippen LogP contribution in [0.15, 0.2) is 28.7 Å². The molecule has 0 aliphatic carbocycles. The number of benzene rings is 1. The van der Waals surface area contributed by atoms with E-state index in [0.717, 1.165) is 24.0 Å². The molecule has 0 N–H and O–H groups in total. The number of halogens is 1. The lowest BCUT2D eigenvalue weighted by atomic mass is 9.92. The normalized spacial score (nSPS) is 19.8. The maximum Gasteiger partial charge on any atom is 0.110 e. The molecule has 3 heteroatoms. The third-order valence-corrected chi connectivity index (χ3v) is 4.31. The monoisotopic (exact) mass is 292 g/mol. The average Bonchev–Trinajstić information content (AvgIpc) is 2.86. The molecule has 0 saturated carbocycles. The van der Waals surface area contributed by atoms with Gasteiger partial charge in [-0.25, -0.2) is 0 Å². The van der Waals surface area contributed by atoms with Crippen LogP contribution >= 0.6 is 15.9 Å². The van der Waals surface area contributed by atoms with Gasteiger partial charge in [0, 0.05) is 10.9 Å². The number of nitrogens with zero attached hydrogens (tertiary/aromatic N) is 2. The van der Waals surface area contributed by atoms with Crippen molar-refractivity contribution in [2.75, 3.05) is 13.1 Å². The molecule has 1 aliphatic heterocycles. The van der Waals surface area contributed by atoms with E-state index in [1.54, 1.807) is 0 Å². The molecule has 90 valence electrons. The highest BCUT2D eigenvalue weighted by atomic mass is 79.9. The molecule has 1 aliphatic rings. The number of hydrogen-bond donors (Lipinski definition) is 0. The third-order valence-electron chi connectivity index (χ3n) is 3.54. The Bertz CT molecular complexity index is 432. The molecule has 1 saturated heterocycles. The highest BCUT2D eigenvalue weighted by Gasteiger charge is 2.34. The first-order valence-electron chi connectivity index (χ1n) is 6.05. The van der Waals surface area contributed by atoms with Crippen LogP contribution in [-0.2, 0) is 6.42 Å². The summed E-state index contributed by atoms with van der Waals surface area (Å²) >= 11 is 3.56. The predicted octanol–water partition coefficient (Wildman–Crippen LogP) is 3.37. The van der Waals surface area contributed by atoms with Crippen LogP contribution in [0.5, 0.6) is 0 Å². The summed E-state index contributed by atoms with van der Waals surface area (Å²) in [7, 11) is 0. The van der Waals surface area contributed by atoms with Crippen LogP contribution in [0.2, 0.25) is 0 Å². The molecule has 1 aromatic rings. The standard InChI is InChI=1S/C14H17BrN2/c1-14(11-16,17-8-4-5-9-17)10-12-6-2-3-7-13(12)15/h2-3,6-7H,4-5,8-10H2,1H3. The van der Waals surface area contributed by atoms with Crippen molar-refractivity contribution in [3.05, 3.63) is 34.3 Å². The highest BCUT2D eigenvalue weighted by Crippen LogP contribution is 2.27. The van der Waals surface area contributed by atoms with Gasteiger partial charge in [0.15, 0.2) is 0 Å². The van der Waals surface area contributed by atoms with E-state index in [1.807, 2.05) is 18.2 Å². The topological polar surface area (TPSA) is 27.0 Å². The van der Waals surface area contributed by atoms with Gasteiger partial charge in [-0.05, 0) is 44.5 Å². The van der Waals surface area contributed by atoms with Crippen LogP contribution in [0, 0.1) is 11.3 Å². The van der Waals surface area contributed by atoms with Gasteiger partial charge in [0.1, 0.15) is 5.54 Å². The second-order valence-electron chi connectivity index (χ2n) is 4.85. The summed E-state index contributed by atoms with van der Waals surface area (Å²) in [4.78, 5) is 2.31. The van der Waals surface area contributed by atoms with Crippen molar-refractivity contribution < 1.29 is 0 Å². The SMILES string of the molecule is CC(C#N)(Cc1ccccc1Br)N1CCCC1. The first-order chi connectivity index (χ1) is 8.15. The van der Waals surface area contributed by atoms with Crippen molar-refractivity contribution in [2.45, 2.75) is 31.7 Å². The summed E-state index contributed by atoms with van der Waals surface area (Å²) < 4.78 is 1.10. The molecule has 1 unspecified atom stereocenters. The molecule has 2 rings (SSSR count). The number of nitriles is 1. The predicted molar refractivity (Wildman–Crippen MR) is 72.7 cm³/mol. The zero-order valence-corrected chi connectivity index (χ0v) is 11.7. The van der Waals surface area contributed by atoms with Crippen LogP contribution in [0.25, 0.3) is 0 Å². The molecule has 1 atom stereocenters. The van der Waals surface area contributed by atoms with E-state index in [2.05, 4.69) is 39.9 Å². The molecule has 2 nitrogen and oxygen atoms in total. The van der Waals surface area contributed by atoms with Crippen LogP contribution in [0.1, 0.15) is 25.3 Å². The van der Waals surface area contributed by atoms with Crippen molar-refractivity contribution in [2.24, 2.45) is 0 Å². The number of hydrogen-bond acceptors (Lipinski definition) is 2. The lowest BCUT2D eigenvalue weighted by Crippen LogP contribution is -2.45. The summed E-state index contributed by atoms with van der Waals surface area (Å²) in [6, 6.07) is 10.7. The smallest absolute Gasteiger partial charge is 0.110 e. The largest absolute Gasteiger partial charge is 0.285 e. The van der Waals surface area contributed by atoms with Gasteiger partial charge in [-0.2, -0.15) is 5.26 Å². The number of rotatable bonds is 3. The minimum absolute atomic E-state index is 0.375. The molecule has 0 spiro atoms. The van der Waals surface area contributed by atoms with Crippen molar-refractivity contribution in [3.63, 3.8) is 0 Å². The third kappa shape index (κ3) is 2.70. The van der Waals surface area contributed by atoms with E-state index < -0.39 is 0 Å². The lowest BCUT2D eigenvalue weighted by Gasteiger charge is -2.32. The van der Waals surface area contributed by atoms with Gasteiger partial charge >= 0.3 is 0 Å². The Morgan fingerprint density at radius 3 is 2.59 bits per heavy atom. The van der Waals surface area contributed by atoms with Crippen molar-refractivity contribution in [1.29, 1.82) is 5.26 Å². The van der Waals surface area contributed by atoms with Crippen LogP contribution < -0.4 is 0 Å². The number of likely N-dealkylation sites (tertiary alicyclic amines) is 1. The minimum Gasteiger partial charge on any atom is -0.285 e. The van der Waals surface area contributed by atoms with E-state index in [0.29, 0.717) is 0 Å². The first-order valence-corrected chi connectivity index (χ1v) is 6.85. The summed E-state index contributed by atoms with van der Waals surface area (Å²) in [6.45, 7) is 4.15. The molecule has 0 radical (unpaired) electrons. The minimum atomic E-state index is -0.375. The molecule has 0 amide bonds. The van der Waals surface area contributed by atoms with Gasteiger partial charge in [-0.15, -0.1) is 0 Å². The maximum absolute atomic E-state index is 9.49. The molecule has 17 heavy (non-hydrogen) atoms. The van der Waals surface area contributed by atoms with E-state index in [9.17, 15) is 5.26 Å². The molecule has 0 bridgehead atoms. The Labute approximate surface area is 111 Å². The fraction of sp³-hybridized carbons (Fsp3) is 0.500. The van der Waals surface area contributed by atoms with E-state index >= 15 is 0 Å². The summed E-state index contributed by atoms with van der Waals surface area (Å²) in [6.07, 6.45) is 3.21. The van der Waals surface area contributed by atoms with E-state index in [-0.39, 0.29) is 5.54 Å². The highest BCUT2D eigenvalue weighted by molar-refractivity contribution is 9.10. The Morgan fingerprint density at radius 2 is 2.00 bits per heavy atom. The molecule has 0 aromatic heterocycles. The lowest BCUT2D eigenvalue weighted by molar-refractivity contribution is 0.191. The molecular formula is C14H17BrN2. The van der Waals surface area contributed by atoms with Crippen LogP contribution in [-0.4, -0.2) is 23.5 Å². The second kappa shape index (κ2) is 5.20. The Balaban J connectivity index is 2.20. The zero-order chi connectivity index (χ0) is 12.3. The van der Waals surface area contributed by atoms with Gasteiger partial charge < -0.3 is 0 Å². The summed E-state index contributed by atoms with van der Waals surface area (Å²) in [5.74, 6) is 0. The molecule has 1 heterocycles. The average molecular weight is 293 g/mol. The van der Waals surface area contributed by atoms with Gasteiger partial charge in [0.05, 0.1) is 6.07 Å². The quantitative estimate of drug-likeness (QED) is 0.854. The molecular weight excluding hydrogens is 276 g/mol. The second-order valence-corrected chi connectivity index (χ2v) is 5.70. The van der Waals surface area contributed by atoms with E-state index in [1.165, 1.54) is 18.4 Å². The molecule has 1 fully saturated rings.